The molecule has 0 aromatic rings. The Kier molecular flexibility index (Phi) is 3.95. The molecule has 4 nitrogen and oxygen atoms in total. The molecule has 0 unspecified atom stereocenters. The van der Waals surface area contributed by atoms with E-state index < -0.39 is 10.0 Å². The highest BCUT2D eigenvalue weighted by atomic mass is 32.2. The van der Waals surface area contributed by atoms with E-state index in [1.54, 1.807) is 25.9 Å². The van der Waals surface area contributed by atoms with E-state index in [-0.39, 0.29) is 4.91 Å². The fourth-order valence-electron chi connectivity index (χ4n) is 0.413. The van der Waals surface area contributed by atoms with Crippen molar-refractivity contribution < 1.29 is 8.42 Å². The molecule has 0 aromatic carbocycles. The number of hydrogen-bond acceptors (Lipinski definition) is 2. The molecule has 0 radical (unpaired) electrons. The van der Waals surface area contributed by atoms with Crippen LogP contribution in [0.3, 0.4) is 0 Å². The van der Waals surface area contributed by atoms with Gasteiger partial charge in [-0.05, 0) is 6.42 Å². The van der Waals surface area contributed by atoms with Crippen LogP contribution in [-0.2, 0) is 10.0 Å². The van der Waals surface area contributed by atoms with Crippen molar-refractivity contribution in [1.82, 2.24) is 4.90 Å². The maximum absolute atomic E-state index is 11.1. The number of sulfonamides is 1. The van der Waals surface area contributed by atoms with Crippen LogP contribution in [-0.4, -0.2) is 33.8 Å². The highest BCUT2D eigenvalue weighted by Crippen LogP contribution is 2.08. The fraction of sp³-hybridized carbons (Fsp3) is 0.571. The van der Waals surface area contributed by atoms with E-state index in [1.807, 2.05) is 0 Å². The SMILES string of the molecule is C=C(CC)S(=O)(=O)N=CN(C)C. The summed E-state index contributed by atoms with van der Waals surface area (Å²) in [6.45, 7) is 5.13. The van der Waals surface area contributed by atoms with Crippen LogP contribution >= 0.6 is 0 Å². The van der Waals surface area contributed by atoms with Gasteiger partial charge in [0.1, 0.15) is 6.34 Å². The van der Waals surface area contributed by atoms with E-state index in [4.69, 9.17) is 0 Å². The second-order valence-electron chi connectivity index (χ2n) is 2.55. The smallest absolute Gasteiger partial charge is 0.279 e. The summed E-state index contributed by atoms with van der Waals surface area (Å²) >= 11 is 0. The lowest BCUT2D eigenvalue weighted by molar-refractivity contribution is 0.599. The maximum Gasteiger partial charge on any atom is 0.279 e. The first-order valence-electron chi connectivity index (χ1n) is 3.55. The van der Waals surface area contributed by atoms with E-state index >= 15 is 0 Å². The average molecular weight is 190 g/mol. The van der Waals surface area contributed by atoms with Crippen molar-refractivity contribution >= 4 is 16.4 Å². The van der Waals surface area contributed by atoms with Gasteiger partial charge in [0.05, 0.1) is 4.91 Å². The molecule has 0 rings (SSSR count). The van der Waals surface area contributed by atoms with Gasteiger partial charge in [0, 0.05) is 14.1 Å². The van der Waals surface area contributed by atoms with E-state index in [2.05, 4.69) is 11.0 Å². The molecule has 0 heterocycles. The van der Waals surface area contributed by atoms with Crippen LogP contribution in [0.15, 0.2) is 15.9 Å². The quantitative estimate of drug-likeness (QED) is 0.487. The van der Waals surface area contributed by atoms with Gasteiger partial charge in [-0.2, -0.15) is 12.8 Å². The van der Waals surface area contributed by atoms with Gasteiger partial charge in [-0.1, -0.05) is 13.5 Å². The highest BCUT2D eigenvalue weighted by Gasteiger charge is 2.10. The Balaban J connectivity index is 4.56. The number of rotatable bonds is 4. The van der Waals surface area contributed by atoms with Crippen LogP contribution in [0.2, 0.25) is 0 Å². The predicted molar refractivity (Wildman–Crippen MR) is 50.5 cm³/mol. The topological polar surface area (TPSA) is 49.7 Å². The first kappa shape index (κ1) is 11.2. The van der Waals surface area contributed by atoms with Crippen molar-refractivity contribution in [3.05, 3.63) is 11.5 Å². The van der Waals surface area contributed by atoms with Crippen LogP contribution in [0.25, 0.3) is 0 Å². The summed E-state index contributed by atoms with van der Waals surface area (Å²) < 4.78 is 25.7. The van der Waals surface area contributed by atoms with Crippen molar-refractivity contribution in [1.29, 1.82) is 0 Å². The summed E-state index contributed by atoms with van der Waals surface area (Å²) in [5.74, 6) is 0. The van der Waals surface area contributed by atoms with Gasteiger partial charge < -0.3 is 4.90 Å². The summed E-state index contributed by atoms with van der Waals surface area (Å²) in [6, 6.07) is 0. The molecule has 0 aliphatic rings. The van der Waals surface area contributed by atoms with Crippen LogP contribution in [0.4, 0.5) is 0 Å². The van der Waals surface area contributed by atoms with Crippen LogP contribution in [0.1, 0.15) is 13.3 Å². The molecule has 5 heteroatoms. The minimum absolute atomic E-state index is 0.139. The van der Waals surface area contributed by atoms with Gasteiger partial charge in [0.15, 0.2) is 0 Å². The van der Waals surface area contributed by atoms with Gasteiger partial charge in [-0.15, -0.1) is 0 Å². The monoisotopic (exact) mass is 190 g/mol. The minimum atomic E-state index is -3.47. The van der Waals surface area contributed by atoms with Gasteiger partial charge in [0.25, 0.3) is 10.0 Å². The van der Waals surface area contributed by atoms with Crippen molar-refractivity contribution in [3.8, 4) is 0 Å². The Bertz CT molecular complexity index is 278. The maximum atomic E-state index is 11.1. The molecular weight excluding hydrogens is 176 g/mol. The summed E-state index contributed by atoms with van der Waals surface area (Å²) in [6.07, 6.45) is 1.64. The molecule has 0 aliphatic carbocycles. The van der Waals surface area contributed by atoms with E-state index in [1.165, 1.54) is 6.34 Å². The van der Waals surface area contributed by atoms with E-state index in [9.17, 15) is 8.42 Å². The van der Waals surface area contributed by atoms with Gasteiger partial charge in [-0.3, -0.25) is 0 Å². The Morgan fingerprint density at radius 2 is 2.08 bits per heavy atom. The Labute approximate surface area is 73.7 Å². The molecule has 12 heavy (non-hydrogen) atoms. The second kappa shape index (κ2) is 4.25. The highest BCUT2D eigenvalue weighted by molar-refractivity contribution is 7.94. The predicted octanol–water partition coefficient (Wildman–Crippen LogP) is 0.830. The molecule has 0 spiro atoms. The van der Waals surface area contributed by atoms with Crippen LogP contribution in [0.5, 0.6) is 0 Å². The molecule has 0 atom stereocenters. The zero-order valence-electron chi connectivity index (χ0n) is 7.61. The first-order valence-corrected chi connectivity index (χ1v) is 4.99. The number of allylic oxidation sites excluding steroid dienone is 1. The Morgan fingerprint density at radius 3 is 2.42 bits per heavy atom. The van der Waals surface area contributed by atoms with Crippen molar-refractivity contribution in [3.63, 3.8) is 0 Å². The minimum Gasteiger partial charge on any atom is -0.368 e. The molecule has 0 amide bonds. The van der Waals surface area contributed by atoms with Crippen LogP contribution < -0.4 is 0 Å². The lowest BCUT2D eigenvalue weighted by Crippen LogP contribution is -2.10. The second-order valence-corrected chi connectivity index (χ2v) is 4.29. The molecule has 70 valence electrons. The summed E-state index contributed by atoms with van der Waals surface area (Å²) in [7, 11) is -0.0679. The van der Waals surface area contributed by atoms with Gasteiger partial charge in [0.2, 0.25) is 0 Å². The molecule has 0 aromatic heterocycles. The third-order valence-corrected chi connectivity index (χ3v) is 2.57. The number of hydrogen-bond donors (Lipinski definition) is 0. The summed E-state index contributed by atoms with van der Waals surface area (Å²) in [5, 5.41) is 0. The Morgan fingerprint density at radius 1 is 1.58 bits per heavy atom. The molecule has 0 N–H and O–H groups in total. The zero-order chi connectivity index (χ0) is 9.78. The summed E-state index contributed by atoms with van der Waals surface area (Å²) in [4.78, 5) is 1.70. The normalized spacial score (nSPS) is 11.9. The third-order valence-electron chi connectivity index (χ3n) is 1.18. The molecule has 0 fully saturated rings. The molecule has 0 saturated carbocycles. The Hall–Kier alpha value is -0.840. The zero-order valence-corrected chi connectivity index (χ0v) is 8.43. The van der Waals surface area contributed by atoms with E-state index in [0.29, 0.717) is 6.42 Å². The average Bonchev–Trinajstić information content (AvgIpc) is 1.99. The number of nitrogens with zero attached hydrogens (tertiary/aromatic N) is 2. The summed E-state index contributed by atoms with van der Waals surface area (Å²) in [5.41, 5.74) is 0. The molecule has 0 saturated heterocycles. The van der Waals surface area contributed by atoms with Crippen molar-refractivity contribution in [2.24, 2.45) is 4.40 Å². The fourth-order valence-corrected chi connectivity index (χ4v) is 1.24. The molecule has 0 bridgehead atoms. The first-order chi connectivity index (χ1) is 5.40. The lowest BCUT2D eigenvalue weighted by Gasteiger charge is -2.03. The van der Waals surface area contributed by atoms with Crippen molar-refractivity contribution in [2.45, 2.75) is 13.3 Å². The van der Waals surface area contributed by atoms with Gasteiger partial charge >= 0.3 is 0 Å². The molecular formula is C7H14N2O2S. The van der Waals surface area contributed by atoms with Crippen LogP contribution in [0, 0.1) is 0 Å². The lowest BCUT2D eigenvalue weighted by atomic mass is 10.5. The standard InChI is InChI=1S/C7H14N2O2S/c1-5-7(2)12(10,11)8-6-9(3)4/h6H,2,5H2,1,3-4H3. The van der Waals surface area contributed by atoms with Gasteiger partial charge in [-0.25, -0.2) is 0 Å². The largest absolute Gasteiger partial charge is 0.368 e. The van der Waals surface area contributed by atoms with Crippen molar-refractivity contribution in [2.75, 3.05) is 14.1 Å². The third kappa shape index (κ3) is 3.52. The molecule has 0 aliphatic heterocycles. The van der Waals surface area contributed by atoms with E-state index in [0.717, 1.165) is 0 Å².